The van der Waals surface area contributed by atoms with Gasteiger partial charge in [0.2, 0.25) is 5.91 Å². The molecule has 1 aliphatic rings. The molecule has 0 spiro atoms. The fourth-order valence-corrected chi connectivity index (χ4v) is 10.5. The van der Waals surface area contributed by atoms with Crippen molar-refractivity contribution in [3.05, 3.63) is 85.1 Å². The van der Waals surface area contributed by atoms with Gasteiger partial charge in [0.15, 0.2) is 6.29 Å². The lowest BCUT2D eigenvalue weighted by Crippen LogP contribution is -2.60. The molecule has 0 saturated carbocycles. The van der Waals surface area contributed by atoms with Crippen molar-refractivity contribution in [2.75, 3.05) is 13.2 Å². The van der Waals surface area contributed by atoms with Gasteiger partial charge in [0.25, 0.3) is 0 Å². The molecule has 0 aromatic carbocycles. The summed E-state index contributed by atoms with van der Waals surface area (Å²) in [5, 5.41) is 54.9. The Morgan fingerprint density at radius 1 is 0.438 bits per heavy atom. The highest BCUT2D eigenvalue weighted by atomic mass is 16.7. The van der Waals surface area contributed by atoms with Gasteiger partial charge < -0.3 is 40.3 Å². The first kappa shape index (κ1) is 75.4. The van der Waals surface area contributed by atoms with Crippen LogP contribution in [-0.2, 0) is 14.3 Å². The summed E-state index contributed by atoms with van der Waals surface area (Å²) in [6.45, 7) is 3.73. The average Bonchev–Trinajstić information content (AvgIpc) is 3.46. The van der Waals surface area contributed by atoms with Crippen molar-refractivity contribution in [1.29, 1.82) is 0 Å². The van der Waals surface area contributed by atoms with Gasteiger partial charge in [-0.15, -0.1) is 0 Å². The number of carbonyl (C=O) groups is 1. The minimum absolute atomic E-state index is 0.156. The summed E-state index contributed by atoms with van der Waals surface area (Å²) in [6, 6.07) is -0.745. The average molecular weight is 1120 g/mol. The summed E-state index contributed by atoms with van der Waals surface area (Å²) in [5.41, 5.74) is 0. The first-order valence-corrected chi connectivity index (χ1v) is 33.8. The number of allylic oxidation sites excluding steroid dienone is 14. The van der Waals surface area contributed by atoms with Crippen LogP contribution in [0.15, 0.2) is 85.1 Å². The lowest BCUT2D eigenvalue weighted by Gasteiger charge is -2.40. The van der Waals surface area contributed by atoms with Crippen molar-refractivity contribution in [2.45, 2.75) is 346 Å². The van der Waals surface area contributed by atoms with Crippen molar-refractivity contribution in [2.24, 2.45) is 0 Å². The van der Waals surface area contributed by atoms with Crippen LogP contribution in [0.1, 0.15) is 303 Å². The third-order valence-electron chi connectivity index (χ3n) is 15.8. The first-order chi connectivity index (χ1) is 39.3. The number of unbranched alkanes of at least 4 members (excludes halogenated alkanes) is 34. The first-order valence-electron chi connectivity index (χ1n) is 33.8. The minimum atomic E-state index is -1.57. The molecule has 0 radical (unpaired) electrons. The Hall–Kier alpha value is -2.63. The molecule has 9 heteroatoms. The maximum Gasteiger partial charge on any atom is 0.220 e. The number of rotatable bonds is 58. The molecule has 0 bridgehead atoms. The van der Waals surface area contributed by atoms with E-state index < -0.39 is 49.5 Å². The van der Waals surface area contributed by atoms with Gasteiger partial charge in [-0.05, 0) is 70.6 Å². The predicted molar refractivity (Wildman–Crippen MR) is 341 cm³/mol. The zero-order chi connectivity index (χ0) is 57.9. The smallest absolute Gasteiger partial charge is 0.220 e. The summed E-state index contributed by atoms with van der Waals surface area (Å²) in [6.07, 6.45) is 77.9. The standard InChI is InChI=1S/C71H127NO8/c1-3-5-7-9-11-13-15-17-19-21-23-25-27-29-30-31-32-33-34-35-37-38-40-42-44-46-48-50-52-54-56-58-60-65(74)64(63-79-71-70(78)69(77)68(76)66(62-73)80-71)72-67(75)61-59-57-55-53-51-49-47-45-43-41-39-36-28-26-24-22-20-18-16-14-12-10-8-6-4-2/h6,8,12,14,18,20,24,26,36,39,43,45,49,51,64-66,68-71,73-74,76-78H,3-5,7,9-11,13,15-17,19,21-23,25,27-35,37-38,40-42,44,46-48,50,52-63H2,1-2H3,(H,72,75)/b8-6-,14-12-,20-18-,26-24-,39-36-,45-43-,51-49-. The van der Waals surface area contributed by atoms with Crippen molar-refractivity contribution in [3.8, 4) is 0 Å². The molecule has 1 saturated heterocycles. The number of amides is 1. The molecule has 1 amide bonds. The Kier molecular flexibility index (Phi) is 56.1. The maximum atomic E-state index is 13.1. The number of aliphatic hydroxyl groups is 5. The van der Waals surface area contributed by atoms with Gasteiger partial charge in [-0.3, -0.25) is 4.79 Å². The molecular weight excluding hydrogens is 995 g/mol. The van der Waals surface area contributed by atoms with Crippen molar-refractivity contribution < 1.29 is 39.8 Å². The van der Waals surface area contributed by atoms with Crippen molar-refractivity contribution >= 4 is 5.91 Å². The van der Waals surface area contributed by atoms with Gasteiger partial charge in [0, 0.05) is 6.42 Å². The van der Waals surface area contributed by atoms with Gasteiger partial charge in [-0.2, -0.15) is 0 Å². The van der Waals surface area contributed by atoms with E-state index in [1.165, 1.54) is 186 Å². The van der Waals surface area contributed by atoms with Crippen LogP contribution in [0.2, 0.25) is 0 Å². The predicted octanol–water partition coefficient (Wildman–Crippen LogP) is 18.1. The molecule has 0 aromatic rings. The van der Waals surface area contributed by atoms with Crippen LogP contribution < -0.4 is 5.32 Å². The van der Waals surface area contributed by atoms with E-state index in [9.17, 15) is 30.3 Å². The van der Waals surface area contributed by atoms with E-state index in [0.717, 1.165) is 89.9 Å². The van der Waals surface area contributed by atoms with Gasteiger partial charge >= 0.3 is 0 Å². The number of ether oxygens (including phenoxy) is 2. The molecule has 1 fully saturated rings. The van der Waals surface area contributed by atoms with Crippen LogP contribution in [0.3, 0.4) is 0 Å². The highest BCUT2D eigenvalue weighted by Crippen LogP contribution is 2.23. The SMILES string of the molecule is CC/C=C\C/C=C\C/C=C\C/C=C\C/C=C\C/C=C\C/C=C\CCCCCC(=O)NC(COC1OC(CO)C(O)C(O)C1O)C(O)CCCCCCCCCCCCCCCCCCCCCCCCCCCCCCCCCC. The summed E-state index contributed by atoms with van der Waals surface area (Å²) >= 11 is 0. The second-order valence-electron chi connectivity index (χ2n) is 23.2. The lowest BCUT2D eigenvalue weighted by atomic mass is 9.99. The Morgan fingerprint density at radius 3 is 1.14 bits per heavy atom. The zero-order valence-corrected chi connectivity index (χ0v) is 51.8. The third-order valence-corrected chi connectivity index (χ3v) is 15.8. The summed E-state index contributed by atoms with van der Waals surface area (Å²) in [7, 11) is 0. The van der Waals surface area contributed by atoms with Crippen LogP contribution in [0.25, 0.3) is 0 Å². The molecule has 7 atom stereocenters. The quantitative estimate of drug-likeness (QED) is 0.0261. The van der Waals surface area contributed by atoms with Crippen LogP contribution in [0, 0.1) is 0 Å². The molecule has 6 N–H and O–H groups in total. The normalized spacial score (nSPS) is 19.0. The van der Waals surface area contributed by atoms with Crippen molar-refractivity contribution in [1.82, 2.24) is 5.32 Å². The third kappa shape index (κ3) is 47.8. The van der Waals surface area contributed by atoms with Crippen LogP contribution in [0.5, 0.6) is 0 Å². The highest BCUT2D eigenvalue weighted by Gasteiger charge is 2.44. The largest absolute Gasteiger partial charge is 0.394 e. The summed E-state index contributed by atoms with van der Waals surface area (Å²) in [4.78, 5) is 13.1. The molecule has 1 rings (SSSR count). The fraction of sp³-hybridized carbons (Fsp3) is 0.789. The molecule has 0 aromatic heterocycles. The minimum Gasteiger partial charge on any atom is -0.394 e. The number of aliphatic hydroxyl groups excluding tert-OH is 5. The summed E-state index contributed by atoms with van der Waals surface area (Å²) in [5.74, 6) is -0.175. The van der Waals surface area contributed by atoms with Gasteiger partial charge in [-0.25, -0.2) is 0 Å². The topological polar surface area (TPSA) is 149 Å². The molecule has 464 valence electrons. The number of carbonyl (C=O) groups excluding carboxylic acids is 1. The maximum absolute atomic E-state index is 13.1. The van der Waals surface area contributed by atoms with E-state index in [1.807, 2.05) is 0 Å². The second-order valence-corrected chi connectivity index (χ2v) is 23.2. The van der Waals surface area contributed by atoms with Gasteiger partial charge in [0.1, 0.15) is 24.4 Å². The summed E-state index contributed by atoms with van der Waals surface area (Å²) < 4.78 is 11.3. The van der Waals surface area contributed by atoms with E-state index in [4.69, 9.17) is 9.47 Å². The number of hydrogen-bond donors (Lipinski definition) is 6. The van der Waals surface area contributed by atoms with E-state index >= 15 is 0 Å². The fourth-order valence-electron chi connectivity index (χ4n) is 10.5. The van der Waals surface area contributed by atoms with E-state index in [-0.39, 0.29) is 12.5 Å². The highest BCUT2D eigenvalue weighted by molar-refractivity contribution is 5.76. The number of nitrogens with one attached hydrogen (secondary N) is 1. The molecule has 9 nitrogen and oxygen atoms in total. The van der Waals surface area contributed by atoms with E-state index in [1.54, 1.807) is 0 Å². The molecule has 1 heterocycles. The van der Waals surface area contributed by atoms with Gasteiger partial charge in [0.05, 0.1) is 25.4 Å². The molecule has 80 heavy (non-hydrogen) atoms. The Balaban J connectivity index is 2.16. The second kappa shape index (κ2) is 59.5. The monoisotopic (exact) mass is 1120 g/mol. The Morgan fingerprint density at radius 2 is 0.775 bits per heavy atom. The van der Waals surface area contributed by atoms with Gasteiger partial charge in [-0.1, -0.05) is 311 Å². The molecule has 7 unspecified atom stereocenters. The van der Waals surface area contributed by atoms with Crippen LogP contribution in [0.4, 0.5) is 0 Å². The molecule has 1 aliphatic heterocycles. The van der Waals surface area contributed by atoms with Crippen molar-refractivity contribution in [3.63, 3.8) is 0 Å². The Labute approximate surface area is 492 Å². The van der Waals surface area contributed by atoms with Crippen LogP contribution >= 0.6 is 0 Å². The number of hydrogen-bond acceptors (Lipinski definition) is 8. The van der Waals surface area contributed by atoms with E-state index in [2.05, 4.69) is 104 Å². The molecule has 0 aliphatic carbocycles. The zero-order valence-electron chi connectivity index (χ0n) is 51.8. The van der Waals surface area contributed by atoms with Crippen LogP contribution in [-0.4, -0.2) is 87.5 Å². The molecular formula is C71H127NO8. The Bertz CT molecular complexity index is 1540. The van der Waals surface area contributed by atoms with E-state index in [0.29, 0.717) is 12.8 Å². The lowest BCUT2D eigenvalue weighted by molar-refractivity contribution is -0.302.